The highest BCUT2D eigenvalue weighted by Crippen LogP contribution is 2.28. The van der Waals surface area contributed by atoms with Crippen LogP contribution in [0.5, 0.6) is 5.75 Å². The molecule has 5 heteroatoms. The third-order valence-electron chi connectivity index (χ3n) is 3.28. The number of carbonyl (C=O) groups is 1. The molecular weight excluding hydrogens is 284 g/mol. The number of amides is 1. The highest BCUT2D eigenvalue weighted by atomic mass is 32.2. The predicted molar refractivity (Wildman–Crippen MR) is 88.3 cm³/mol. The number of nitrogens with zero attached hydrogens (tertiary/aromatic N) is 1. The Labute approximate surface area is 130 Å². The Morgan fingerprint density at radius 2 is 2.14 bits per heavy atom. The summed E-state index contributed by atoms with van der Waals surface area (Å²) >= 11 is 1.57. The number of rotatable bonds is 4. The second kappa shape index (κ2) is 6.98. The van der Waals surface area contributed by atoms with Crippen molar-refractivity contribution >= 4 is 22.8 Å². The maximum Gasteiger partial charge on any atom is 0.266 e. The maximum absolute atomic E-state index is 12.1. The number of benzene rings is 1. The first-order chi connectivity index (χ1) is 9.97. The fourth-order valence-electron chi connectivity index (χ4n) is 2.08. The Morgan fingerprint density at radius 1 is 1.38 bits per heavy atom. The van der Waals surface area contributed by atoms with Crippen LogP contribution in [0.1, 0.15) is 37.8 Å². The van der Waals surface area contributed by atoms with E-state index in [1.165, 1.54) is 0 Å². The molecule has 1 heterocycles. The van der Waals surface area contributed by atoms with Gasteiger partial charge < -0.3 is 10.1 Å². The van der Waals surface area contributed by atoms with Gasteiger partial charge in [0, 0.05) is 5.75 Å². The Kier molecular flexibility index (Phi) is 5.28. The summed E-state index contributed by atoms with van der Waals surface area (Å²) in [5, 5.41) is 3.51. The highest BCUT2D eigenvalue weighted by Gasteiger charge is 2.20. The number of hydrogen-bond acceptors (Lipinski definition) is 4. The van der Waals surface area contributed by atoms with E-state index in [2.05, 4.69) is 36.3 Å². The number of hydrogen-bond donors (Lipinski definition) is 1. The fourth-order valence-corrected chi connectivity index (χ4v) is 2.81. The third-order valence-corrected chi connectivity index (χ3v) is 4.17. The molecule has 0 bridgehead atoms. The number of amidine groups is 1. The third kappa shape index (κ3) is 4.24. The molecule has 0 aromatic heterocycles. The topological polar surface area (TPSA) is 50.7 Å². The Hall–Kier alpha value is -1.49. The molecule has 1 aromatic rings. The molecule has 1 unspecified atom stereocenters. The lowest BCUT2D eigenvalue weighted by Crippen LogP contribution is -2.38. The summed E-state index contributed by atoms with van der Waals surface area (Å²) < 4.78 is 5.88. The van der Waals surface area contributed by atoms with Crippen molar-refractivity contribution in [2.24, 2.45) is 4.99 Å². The average molecular weight is 306 g/mol. The van der Waals surface area contributed by atoms with Crippen molar-refractivity contribution in [1.82, 2.24) is 5.32 Å². The molecule has 114 valence electrons. The molecule has 0 spiro atoms. The zero-order valence-electron chi connectivity index (χ0n) is 13.0. The SMILES string of the molecule is Cc1ccc(C(C)C)c(OC(C)C(=O)NC2=NCCS2)c1. The molecule has 21 heavy (non-hydrogen) atoms. The second-order valence-electron chi connectivity index (χ2n) is 5.48. The minimum absolute atomic E-state index is 0.153. The number of nitrogens with one attached hydrogen (secondary N) is 1. The van der Waals surface area contributed by atoms with Crippen molar-refractivity contribution in [2.45, 2.75) is 39.7 Å². The van der Waals surface area contributed by atoms with Crippen molar-refractivity contribution in [2.75, 3.05) is 12.3 Å². The van der Waals surface area contributed by atoms with Gasteiger partial charge in [-0.1, -0.05) is 37.7 Å². The minimum Gasteiger partial charge on any atom is -0.481 e. The van der Waals surface area contributed by atoms with E-state index in [9.17, 15) is 4.79 Å². The number of ether oxygens (including phenoxy) is 1. The van der Waals surface area contributed by atoms with E-state index >= 15 is 0 Å². The molecule has 1 atom stereocenters. The van der Waals surface area contributed by atoms with Crippen molar-refractivity contribution in [3.05, 3.63) is 29.3 Å². The van der Waals surface area contributed by atoms with Gasteiger partial charge in [0.1, 0.15) is 5.75 Å². The lowest BCUT2D eigenvalue weighted by atomic mass is 10.0. The molecule has 0 aliphatic carbocycles. The first-order valence-corrected chi connectivity index (χ1v) is 8.21. The number of aliphatic imine (C=N–C) groups is 1. The van der Waals surface area contributed by atoms with Crippen LogP contribution in [0.25, 0.3) is 0 Å². The van der Waals surface area contributed by atoms with E-state index < -0.39 is 6.10 Å². The Morgan fingerprint density at radius 3 is 2.76 bits per heavy atom. The van der Waals surface area contributed by atoms with Crippen molar-refractivity contribution in [3.8, 4) is 5.75 Å². The summed E-state index contributed by atoms with van der Waals surface area (Å²) in [7, 11) is 0. The van der Waals surface area contributed by atoms with E-state index in [-0.39, 0.29) is 5.91 Å². The molecule has 1 amide bonds. The van der Waals surface area contributed by atoms with Gasteiger partial charge in [-0.2, -0.15) is 0 Å². The molecule has 1 aliphatic heterocycles. The van der Waals surface area contributed by atoms with Crippen LogP contribution in [0.4, 0.5) is 0 Å². The van der Waals surface area contributed by atoms with Crippen molar-refractivity contribution in [1.29, 1.82) is 0 Å². The number of thioether (sulfide) groups is 1. The Balaban J connectivity index is 2.06. The zero-order chi connectivity index (χ0) is 15.4. The largest absolute Gasteiger partial charge is 0.481 e. The molecule has 1 N–H and O–H groups in total. The average Bonchev–Trinajstić information content (AvgIpc) is 2.91. The van der Waals surface area contributed by atoms with Crippen molar-refractivity contribution in [3.63, 3.8) is 0 Å². The zero-order valence-corrected chi connectivity index (χ0v) is 13.8. The molecule has 0 radical (unpaired) electrons. The van der Waals surface area contributed by atoms with Crippen LogP contribution in [0.15, 0.2) is 23.2 Å². The van der Waals surface area contributed by atoms with Crippen LogP contribution in [-0.4, -0.2) is 29.5 Å². The summed E-state index contributed by atoms with van der Waals surface area (Å²) in [6.07, 6.45) is -0.548. The van der Waals surface area contributed by atoms with Crippen LogP contribution in [-0.2, 0) is 4.79 Å². The van der Waals surface area contributed by atoms with Crippen LogP contribution >= 0.6 is 11.8 Å². The smallest absolute Gasteiger partial charge is 0.266 e. The molecule has 1 aromatic carbocycles. The summed E-state index contributed by atoms with van der Waals surface area (Å²) in [5.41, 5.74) is 2.24. The number of carbonyl (C=O) groups excluding carboxylic acids is 1. The quantitative estimate of drug-likeness (QED) is 0.930. The van der Waals surface area contributed by atoms with Crippen molar-refractivity contribution < 1.29 is 9.53 Å². The summed E-state index contributed by atoms with van der Waals surface area (Å²) in [4.78, 5) is 16.4. The van der Waals surface area contributed by atoms with Crippen LogP contribution < -0.4 is 10.1 Å². The predicted octanol–water partition coefficient (Wildman–Crippen LogP) is 3.10. The van der Waals surface area contributed by atoms with Crippen LogP contribution in [0.2, 0.25) is 0 Å². The van der Waals surface area contributed by atoms with Gasteiger partial charge in [0.2, 0.25) is 0 Å². The fraction of sp³-hybridized carbons (Fsp3) is 0.500. The summed E-state index contributed by atoms with van der Waals surface area (Å²) in [6, 6.07) is 6.12. The Bertz CT molecular complexity index is 555. The minimum atomic E-state index is -0.548. The monoisotopic (exact) mass is 306 g/mol. The first kappa shape index (κ1) is 15.9. The van der Waals surface area contributed by atoms with E-state index in [1.807, 2.05) is 13.0 Å². The van der Waals surface area contributed by atoms with E-state index in [4.69, 9.17) is 4.74 Å². The van der Waals surface area contributed by atoms with Gasteiger partial charge in [0.15, 0.2) is 11.3 Å². The lowest BCUT2D eigenvalue weighted by Gasteiger charge is -2.19. The molecule has 2 rings (SSSR count). The molecule has 0 saturated heterocycles. The van der Waals surface area contributed by atoms with Gasteiger partial charge in [-0.05, 0) is 37.0 Å². The van der Waals surface area contributed by atoms with Gasteiger partial charge >= 0.3 is 0 Å². The van der Waals surface area contributed by atoms with E-state index in [1.54, 1.807) is 18.7 Å². The van der Waals surface area contributed by atoms with Crippen LogP contribution in [0, 0.1) is 6.92 Å². The molecular formula is C16H22N2O2S. The van der Waals surface area contributed by atoms with Gasteiger partial charge in [0.25, 0.3) is 5.91 Å². The summed E-state index contributed by atoms with van der Waals surface area (Å²) in [5.74, 6) is 1.92. The van der Waals surface area contributed by atoms with Gasteiger partial charge in [-0.15, -0.1) is 0 Å². The van der Waals surface area contributed by atoms with Crippen LogP contribution in [0.3, 0.4) is 0 Å². The lowest BCUT2D eigenvalue weighted by molar-refractivity contribution is -0.125. The maximum atomic E-state index is 12.1. The summed E-state index contributed by atoms with van der Waals surface area (Å²) in [6.45, 7) is 8.79. The molecule has 0 fully saturated rings. The second-order valence-corrected chi connectivity index (χ2v) is 6.56. The van der Waals surface area contributed by atoms with E-state index in [0.29, 0.717) is 11.1 Å². The van der Waals surface area contributed by atoms with Gasteiger partial charge in [-0.25, -0.2) is 0 Å². The molecule has 0 saturated carbocycles. The van der Waals surface area contributed by atoms with Gasteiger partial charge in [-0.3, -0.25) is 9.79 Å². The molecule has 4 nitrogen and oxygen atoms in total. The standard InChI is InChI=1S/C16H22N2O2S/c1-10(2)13-6-5-11(3)9-14(13)20-12(4)15(19)18-16-17-7-8-21-16/h5-6,9-10,12H,7-8H2,1-4H3,(H,17,18,19). The highest BCUT2D eigenvalue weighted by molar-refractivity contribution is 8.14. The number of aryl methyl sites for hydroxylation is 1. The molecule has 1 aliphatic rings. The first-order valence-electron chi connectivity index (χ1n) is 7.22. The van der Waals surface area contributed by atoms with E-state index in [0.717, 1.165) is 29.2 Å². The normalized spacial score (nSPS) is 15.8. The van der Waals surface area contributed by atoms with Gasteiger partial charge in [0.05, 0.1) is 6.54 Å².